The van der Waals surface area contributed by atoms with E-state index in [2.05, 4.69) is 4.74 Å². The van der Waals surface area contributed by atoms with Crippen LogP contribution in [0.2, 0.25) is 0 Å². The van der Waals surface area contributed by atoms with E-state index in [1.165, 1.54) is 7.11 Å². The summed E-state index contributed by atoms with van der Waals surface area (Å²) in [4.78, 5) is 11.2. The van der Waals surface area contributed by atoms with Crippen molar-refractivity contribution in [1.29, 1.82) is 0 Å². The second-order valence-corrected chi connectivity index (χ2v) is 4.37. The van der Waals surface area contributed by atoms with E-state index in [-0.39, 0.29) is 5.41 Å². The van der Waals surface area contributed by atoms with Gasteiger partial charge in [0.05, 0.1) is 7.11 Å². The van der Waals surface area contributed by atoms with Crippen molar-refractivity contribution >= 4 is 17.3 Å². The largest absolute Gasteiger partial charge is 0.467 e. The SMILES string of the molecule is COC(=O)C(O)C1(c2ccsc2)CC1. The van der Waals surface area contributed by atoms with Gasteiger partial charge in [0.1, 0.15) is 0 Å². The molecule has 0 spiro atoms. The number of rotatable bonds is 3. The van der Waals surface area contributed by atoms with Crippen LogP contribution in [0.25, 0.3) is 0 Å². The van der Waals surface area contributed by atoms with E-state index in [1.54, 1.807) is 11.3 Å². The zero-order valence-corrected chi connectivity index (χ0v) is 8.71. The zero-order chi connectivity index (χ0) is 10.2. The molecule has 4 heteroatoms. The Kier molecular flexibility index (Phi) is 2.33. The average Bonchev–Trinajstić information content (AvgIpc) is 2.84. The van der Waals surface area contributed by atoms with Gasteiger partial charge in [-0.3, -0.25) is 0 Å². The first-order chi connectivity index (χ1) is 6.70. The fraction of sp³-hybridized carbons (Fsp3) is 0.500. The Morgan fingerprint density at radius 3 is 2.86 bits per heavy atom. The van der Waals surface area contributed by atoms with Gasteiger partial charge in [-0.1, -0.05) is 0 Å². The van der Waals surface area contributed by atoms with Crippen molar-refractivity contribution in [3.63, 3.8) is 0 Å². The Labute approximate surface area is 86.3 Å². The number of carbonyl (C=O) groups is 1. The summed E-state index contributed by atoms with van der Waals surface area (Å²) in [6.07, 6.45) is 0.710. The molecule has 0 radical (unpaired) electrons. The molecule has 0 bridgehead atoms. The molecule has 14 heavy (non-hydrogen) atoms. The van der Waals surface area contributed by atoms with Gasteiger partial charge >= 0.3 is 5.97 Å². The van der Waals surface area contributed by atoms with E-state index >= 15 is 0 Å². The first kappa shape index (κ1) is 9.68. The van der Waals surface area contributed by atoms with Gasteiger partial charge in [0.25, 0.3) is 0 Å². The fourth-order valence-corrected chi connectivity index (χ4v) is 2.50. The molecule has 1 saturated carbocycles. The van der Waals surface area contributed by atoms with Crippen LogP contribution in [0.4, 0.5) is 0 Å². The molecule has 0 aliphatic heterocycles. The highest BCUT2D eigenvalue weighted by molar-refractivity contribution is 7.08. The Balaban J connectivity index is 2.21. The van der Waals surface area contributed by atoms with Gasteiger partial charge in [-0.05, 0) is 35.2 Å². The molecule has 1 aromatic rings. The van der Waals surface area contributed by atoms with E-state index in [0.717, 1.165) is 18.4 Å². The van der Waals surface area contributed by atoms with Gasteiger partial charge in [0.2, 0.25) is 0 Å². The Morgan fingerprint density at radius 1 is 1.71 bits per heavy atom. The zero-order valence-electron chi connectivity index (χ0n) is 7.90. The number of aliphatic hydroxyl groups is 1. The number of carbonyl (C=O) groups excluding carboxylic acids is 1. The third-order valence-electron chi connectivity index (χ3n) is 2.83. The maximum Gasteiger partial charge on any atom is 0.335 e. The Morgan fingerprint density at radius 2 is 2.43 bits per heavy atom. The van der Waals surface area contributed by atoms with Crippen LogP contribution in [0.5, 0.6) is 0 Å². The van der Waals surface area contributed by atoms with Crippen LogP contribution in [0.1, 0.15) is 18.4 Å². The predicted octanol–water partition coefficient (Wildman–Crippen LogP) is 1.31. The number of esters is 1. The maximum absolute atomic E-state index is 11.2. The van der Waals surface area contributed by atoms with Crippen molar-refractivity contribution in [2.24, 2.45) is 0 Å². The number of hydrogen-bond donors (Lipinski definition) is 1. The van der Waals surface area contributed by atoms with Gasteiger partial charge in [0, 0.05) is 5.41 Å². The third kappa shape index (κ3) is 1.35. The fourth-order valence-electron chi connectivity index (χ4n) is 1.74. The van der Waals surface area contributed by atoms with Gasteiger partial charge in [0.15, 0.2) is 6.10 Å². The van der Waals surface area contributed by atoms with Crippen molar-refractivity contribution in [1.82, 2.24) is 0 Å². The lowest BCUT2D eigenvalue weighted by Crippen LogP contribution is -2.34. The molecular weight excluding hydrogens is 200 g/mol. The van der Waals surface area contributed by atoms with Gasteiger partial charge in [-0.2, -0.15) is 11.3 Å². The lowest BCUT2D eigenvalue weighted by Gasteiger charge is -2.18. The summed E-state index contributed by atoms with van der Waals surface area (Å²) in [5, 5.41) is 13.8. The van der Waals surface area contributed by atoms with Crippen LogP contribution in [0.3, 0.4) is 0 Å². The highest BCUT2D eigenvalue weighted by Crippen LogP contribution is 2.51. The molecule has 1 aliphatic carbocycles. The topological polar surface area (TPSA) is 46.5 Å². The van der Waals surface area contributed by atoms with Crippen LogP contribution >= 0.6 is 11.3 Å². The van der Waals surface area contributed by atoms with Crippen LogP contribution < -0.4 is 0 Å². The minimum atomic E-state index is -1.01. The van der Waals surface area contributed by atoms with Crippen molar-refractivity contribution in [2.75, 3.05) is 7.11 Å². The molecule has 1 aromatic heterocycles. The molecule has 2 rings (SSSR count). The van der Waals surface area contributed by atoms with Crippen molar-refractivity contribution < 1.29 is 14.6 Å². The standard InChI is InChI=1S/C10H12O3S/c1-13-9(12)8(11)10(3-4-10)7-2-5-14-6-7/h2,5-6,8,11H,3-4H2,1H3. The number of ether oxygens (including phenoxy) is 1. The molecule has 0 aromatic carbocycles. The molecule has 76 valence electrons. The minimum Gasteiger partial charge on any atom is -0.467 e. The molecule has 0 amide bonds. The lowest BCUT2D eigenvalue weighted by molar-refractivity contribution is -0.152. The molecule has 1 unspecified atom stereocenters. The summed E-state index contributed by atoms with van der Waals surface area (Å²) in [6.45, 7) is 0. The van der Waals surface area contributed by atoms with Crippen molar-refractivity contribution in [2.45, 2.75) is 24.4 Å². The molecular formula is C10H12O3S. The van der Waals surface area contributed by atoms with Crippen LogP contribution in [0, 0.1) is 0 Å². The average molecular weight is 212 g/mol. The highest BCUT2D eigenvalue weighted by Gasteiger charge is 2.53. The summed E-state index contributed by atoms with van der Waals surface area (Å²) in [7, 11) is 1.30. The predicted molar refractivity (Wildman–Crippen MR) is 53.3 cm³/mol. The van der Waals surface area contributed by atoms with Gasteiger partial charge in [-0.15, -0.1) is 0 Å². The number of aliphatic hydroxyl groups excluding tert-OH is 1. The van der Waals surface area contributed by atoms with E-state index < -0.39 is 12.1 Å². The smallest absolute Gasteiger partial charge is 0.335 e. The van der Waals surface area contributed by atoms with E-state index in [9.17, 15) is 9.90 Å². The molecule has 1 N–H and O–H groups in total. The van der Waals surface area contributed by atoms with E-state index in [1.807, 2.05) is 16.8 Å². The Hall–Kier alpha value is -0.870. The van der Waals surface area contributed by atoms with Crippen LogP contribution in [0.15, 0.2) is 16.8 Å². The summed E-state index contributed by atoms with van der Waals surface area (Å²) < 4.78 is 4.55. The summed E-state index contributed by atoms with van der Waals surface area (Å²) in [6, 6.07) is 1.96. The van der Waals surface area contributed by atoms with Crippen LogP contribution in [-0.4, -0.2) is 24.3 Å². The first-order valence-corrected chi connectivity index (χ1v) is 5.43. The highest BCUT2D eigenvalue weighted by atomic mass is 32.1. The monoisotopic (exact) mass is 212 g/mol. The normalized spacial score (nSPS) is 20.1. The molecule has 0 saturated heterocycles. The second kappa shape index (κ2) is 3.37. The Bertz CT molecular complexity index is 327. The molecule has 1 aliphatic rings. The maximum atomic E-state index is 11.2. The number of hydrogen-bond acceptors (Lipinski definition) is 4. The molecule has 1 atom stereocenters. The van der Waals surface area contributed by atoms with Crippen LogP contribution in [-0.2, 0) is 14.9 Å². The molecule has 3 nitrogen and oxygen atoms in total. The molecule has 1 heterocycles. The van der Waals surface area contributed by atoms with E-state index in [4.69, 9.17) is 0 Å². The van der Waals surface area contributed by atoms with Gasteiger partial charge < -0.3 is 9.84 Å². The summed E-state index contributed by atoms with van der Waals surface area (Å²) in [5.41, 5.74) is 0.702. The number of thiophene rings is 1. The lowest BCUT2D eigenvalue weighted by atomic mass is 9.92. The van der Waals surface area contributed by atoms with Crippen molar-refractivity contribution in [3.05, 3.63) is 22.4 Å². The molecule has 1 fully saturated rings. The summed E-state index contributed by atoms with van der Waals surface area (Å²) >= 11 is 1.58. The van der Waals surface area contributed by atoms with Gasteiger partial charge in [-0.25, -0.2) is 4.79 Å². The quantitative estimate of drug-likeness (QED) is 0.768. The van der Waals surface area contributed by atoms with Crippen molar-refractivity contribution in [3.8, 4) is 0 Å². The second-order valence-electron chi connectivity index (χ2n) is 3.59. The minimum absolute atomic E-state index is 0.354. The number of methoxy groups -OCH3 is 1. The third-order valence-corrected chi connectivity index (χ3v) is 3.52. The van der Waals surface area contributed by atoms with E-state index in [0.29, 0.717) is 0 Å². The summed E-state index contributed by atoms with van der Waals surface area (Å²) in [5.74, 6) is -0.534. The first-order valence-electron chi connectivity index (χ1n) is 4.49.